The van der Waals surface area contributed by atoms with Gasteiger partial charge in [0.15, 0.2) is 11.7 Å². The molecule has 1 aliphatic heterocycles. The molecule has 0 spiro atoms. The average molecular weight is 566 g/mol. The molecular weight excluding hydrogens is 534 g/mol. The quantitative estimate of drug-likeness (QED) is 0.152. The van der Waals surface area contributed by atoms with Gasteiger partial charge in [-0.2, -0.15) is 5.10 Å². The van der Waals surface area contributed by atoms with Crippen molar-refractivity contribution in [3.8, 4) is 5.88 Å². The van der Waals surface area contributed by atoms with Crippen molar-refractivity contribution in [2.45, 2.75) is 38.6 Å². The Morgan fingerprint density at radius 1 is 1.10 bits per heavy atom. The number of carbonyl (C=O) groups excluding carboxylic acids is 2. The van der Waals surface area contributed by atoms with Gasteiger partial charge in [0.1, 0.15) is 6.04 Å². The van der Waals surface area contributed by atoms with E-state index in [0.29, 0.717) is 58.2 Å². The van der Waals surface area contributed by atoms with E-state index in [4.69, 9.17) is 5.11 Å². The van der Waals surface area contributed by atoms with Gasteiger partial charge in [-0.25, -0.2) is 0 Å². The summed E-state index contributed by atoms with van der Waals surface area (Å²) in [5.74, 6) is -1.28. The highest BCUT2D eigenvalue weighted by Gasteiger charge is 2.28. The van der Waals surface area contributed by atoms with Gasteiger partial charge in [0.05, 0.1) is 11.3 Å². The van der Waals surface area contributed by atoms with Crippen LogP contribution in [0.1, 0.15) is 53.2 Å². The molecule has 214 valence electrons. The van der Waals surface area contributed by atoms with Crippen molar-refractivity contribution in [3.05, 3.63) is 89.0 Å². The Morgan fingerprint density at radius 3 is 2.57 bits per heavy atom. The van der Waals surface area contributed by atoms with Crippen molar-refractivity contribution in [1.29, 1.82) is 0 Å². The molecule has 10 nitrogen and oxygen atoms in total. The van der Waals surface area contributed by atoms with Crippen LogP contribution in [-0.2, 0) is 16.0 Å². The van der Waals surface area contributed by atoms with Gasteiger partial charge >= 0.3 is 5.97 Å². The number of carboxylic acid groups (broad SMARTS) is 1. The smallest absolute Gasteiger partial charge is 0.303 e. The molecule has 10 heteroatoms. The number of anilines is 1. The topological polar surface area (TPSA) is 147 Å². The normalized spacial score (nSPS) is 14.9. The molecule has 1 atom stereocenters. The maximum absolute atomic E-state index is 13.3. The number of amides is 1. The minimum atomic E-state index is -0.806. The highest BCUT2D eigenvalue weighted by atomic mass is 16.4. The zero-order chi connectivity index (χ0) is 29.8. The minimum Gasteiger partial charge on any atom is -0.494 e. The Morgan fingerprint density at radius 2 is 1.86 bits per heavy atom. The number of aromatic amines is 1. The van der Waals surface area contributed by atoms with Gasteiger partial charge in [-0.3, -0.25) is 24.4 Å². The number of nitrogens with one attached hydrogen (secondary N) is 2. The van der Waals surface area contributed by atoms with E-state index in [0.717, 1.165) is 11.3 Å². The second kappa shape index (κ2) is 12.1. The first-order valence-electron chi connectivity index (χ1n) is 13.6. The zero-order valence-corrected chi connectivity index (χ0v) is 23.3. The fourth-order valence-electron chi connectivity index (χ4n) is 4.99. The lowest BCUT2D eigenvalue weighted by Crippen LogP contribution is -2.36. The second-order valence-corrected chi connectivity index (χ2v) is 10.3. The number of carbonyl (C=O) groups is 3. The third-order valence-electron chi connectivity index (χ3n) is 7.18. The number of aliphatic imine (C=N–C) groups is 1. The fourth-order valence-corrected chi connectivity index (χ4v) is 4.99. The van der Waals surface area contributed by atoms with E-state index < -0.39 is 5.97 Å². The monoisotopic (exact) mass is 565 g/mol. The molecule has 2 heterocycles. The van der Waals surface area contributed by atoms with Crippen LogP contribution in [0.4, 0.5) is 11.4 Å². The number of nitrogens with zero attached hydrogens (tertiary/aromatic N) is 3. The first-order chi connectivity index (χ1) is 20.2. The summed E-state index contributed by atoms with van der Waals surface area (Å²) in [5.41, 5.74) is 5.05. The molecule has 4 N–H and O–H groups in total. The molecule has 0 fully saturated rings. The number of hydrazone groups is 1. The molecule has 1 aliphatic rings. The summed E-state index contributed by atoms with van der Waals surface area (Å²) >= 11 is 0. The Hall–Kier alpha value is -5.25. The summed E-state index contributed by atoms with van der Waals surface area (Å²) in [6.07, 6.45) is 3.49. The maximum Gasteiger partial charge on any atom is 0.303 e. The van der Waals surface area contributed by atoms with Crippen LogP contribution in [0, 0.1) is 0 Å². The number of aryl methyl sites for hydroxylation is 1. The van der Waals surface area contributed by atoms with Gasteiger partial charge in [-0.15, -0.1) is 0 Å². The molecule has 0 saturated carbocycles. The zero-order valence-electron chi connectivity index (χ0n) is 23.3. The number of ketones is 1. The molecule has 4 aromatic rings. The molecule has 1 aromatic heterocycles. The Labute approximate surface area is 242 Å². The summed E-state index contributed by atoms with van der Waals surface area (Å²) in [5, 5.41) is 28.9. The van der Waals surface area contributed by atoms with Crippen molar-refractivity contribution < 1.29 is 24.6 Å². The molecule has 5 rings (SSSR count). The SMILES string of the molecule is CC1=NN(C)C(C(=O)Nc2cccc(C(=O)c3ccc4c(C=Nc5ccc(CCCC(=O)O)cc5)c(O)[nH]c4c3)c2)C1. The maximum atomic E-state index is 13.3. The Bertz CT molecular complexity index is 1720. The van der Waals surface area contributed by atoms with Crippen molar-refractivity contribution in [1.82, 2.24) is 9.99 Å². The number of hydrogen-bond acceptors (Lipinski definition) is 7. The number of aromatic hydroxyl groups is 1. The van der Waals surface area contributed by atoms with E-state index in [9.17, 15) is 19.5 Å². The molecular formula is C32H31N5O5. The minimum absolute atomic E-state index is 0.0653. The molecule has 1 unspecified atom stereocenters. The van der Waals surface area contributed by atoms with Gasteiger partial charge in [-0.1, -0.05) is 36.4 Å². The van der Waals surface area contributed by atoms with Gasteiger partial charge in [0.2, 0.25) is 5.91 Å². The number of carboxylic acids is 1. The lowest BCUT2D eigenvalue weighted by atomic mass is 10.0. The molecule has 0 saturated heterocycles. The highest BCUT2D eigenvalue weighted by Crippen LogP contribution is 2.28. The third-order valence-corrected chi connectivity index (χ3v) is 7.18. The van der Waals surface area contributed by atoms with E-state index >= 15 is 0 Å². The number of H-pyrrole nitrogens is 1. The van der Waals surface area contributed by atoms with Crippen LogP contribution in [0.5, 0.6) is 5.88 Å². The van der Waals surface area contributed by atoms with Crippen molar-refractivity contribution in [3.63, 3.8) is 0 Å². The van der Waals surface area contributed by atoms with Crippen molar-refractivity contribution in [2.75, 3.05) is 12.4 Å². The van der Waals surface area contributed by atoms with Crippen LogP contribution in [0.15, 0.2) is 76.8 Å². The summed E-state index contributed by atoms with van der Waals surface area (Å²) in [4.78, 5) is 44.2. The molecule has 3 aromatic carbocycles. The number of hydrogen-bond donors (Lipinski definition) is 4. The van der Waals surface area contributed by atoms with Gasteiger partial charge < -0.3 is 20.5 Å². The Balaban J connectivity index is 1.28. The fraction of sp³-hybridized carbons (Fsp3) is 0.219. The summed E-state index contributed by atoms with van der Waals surface area (Å²) in [6.45, 7) is 1.88. The lowest BCUT2D eigenvalue weighted by Gasteiger charge is -2.18. The van der Waals surface area contributed by atoms with Crippen LogP contribution in [0.25, 0.3) is 10.9 Å². The van der Waals surface area contributed by atoms with Crippen LogP contribution in [-0.4, -0.2) is 62.9 Å². The molecule has 0 bridgehead atoms. The number of aromatic nitrogens is 1. The number of aliphatic carboxylic acids is 1. The molecule has 1 amide bonds. The molecule has 0 radical (unpaired) electrons. The number of benzene rings is 3. The number of fused-ring (bicyclic) bond motifs is 1. The van der Waals surface area contributed by atoms with E-state index in [1.807, 2.05) is 31.2 Å². The first-order valence-corrected chi connectivity index (χ1v) is 13.6. The summed E-state index contributed by atoms with van der Waals surface area (Å²) in [6, 6.07) is 19.0. The van der Waals surface area contributed by atoms with Crippen molar-refractivity contribution >= 4 is 51.9 Å². The van der Waals surface area contributed by atoms with Gasteiger partial charge in [0, 0.05) is 59.5 Å². The van der Waals surface area contributed by atoms with E-state index in [1.54, 1.807) is 60.7 Å². The summed E-state index contributed by atoms with van der Waals surface area (Å²) in [7, 11) is 1.76. The van der Waals surface area contributed by atoms with Gasteiger partial charge in [0.25, 0.3) is 0 Å². The van der Waals surface area contributed by atoms with E-state index in [-0.39, 0.29) is 30.0 Å². The van der Waals surface area contributed by atoms with E-state index in [1.165, 1.54) is 0 Å². The molecule has 42 heavy (non-hydrogen) atoms. The van der Waals surface area contributed by atoms with Gasteiger partial charge in [-0.05, 0) is 55.7 Å². The van der Waals surface area contributed by atoms with E-state index in [2.05, 4.69) is 20.4 Å². The predicted octanol–water partition coefficient (Wildman–Crippen LogP) is 5.28. The number of likely N-dealkylation sites (N-methyl/N-ethyl adjacent to an activating group) is 1. The predicted molar refractivity (Wildman–Crippen MR) is 162 cm³/mol. The average Bonchev–Trinajstić information content (AvgIpc) is 3.48. The third kappa shape index (κ3) is 6.38. The van der Waals surface area contributed by atoms with Crippen LogP contribution >= 0.6 is 0 Å². The molecule has 0 aliphatic carbocycles. The first kappa shape index (κ1) is 28.3. The Kier molecular flexibility index (Phi) is 8.14. The second-order valence-electron chi connectivity index (χ2n) is 10.3. The van der Waals surface area contributed by atoms with Crippen LogP contribution < -0.4 is 5.32 Å². The summed E-state index contributed by atoms with van der Waals surface area (Å²) < 4.78 is 0. The highest BCUT2D eigenvalue weighted by molar-refractivity contribution is 6.12. The van der Waals surface area contributed by atoms with Crippen molar-refractivity contribution in [2.24, 2.45) is 10.1 Å². The lowest BCUT2D eigenvalue weighted by molar-refractivity contribution is -0.137. The van der Waals surface area contributed by atoms with Crippen LogP contribution in [0.2, 0.25) is 0 Å². The van der Waals surface area contributed by atoms with Crippen LogP contribution in [0.3, 0.4) is 0 Å². The largest absolute Gasteiger partial charge is 0.494 e. The standard InChI is InChI=1S/C32H31N5O5/c1-19-15-28(37(2)36-19)32(42)34-24-7-4-6-21(16-24)30(40)22-11-14-25-26(31(41)35-27(25)17-22)18-33-23-12-9-20(10-13-23)5-3-8-29(38)39/h4,6-7,9-14,16-18,28,35,41H,3,5,8,15H2,1-2H3,(H,34,42)(H,38,39). The number of rotatable bonds is 10.